The number of nitrogens with one attached hydrogen (secondary N) is 1. The van der Waals surface area contributed by atoms with Crippen molar-refractivity contribution in [3.8, 4) is 0 Å². The highest BCUT2D eigenvalue weighted by Crippen LogP contribution is 2.38. The van der Waals surface area contributed by atoms with Crippen molar-refractivity contribution >= 4 is 0 Å². The van der Waals surface area contributed by atoms with Crippen LogP contribution in [-0.2, 0) is 0 Å². The first-order chi connectivity index (χ1) is 10.0. The maximum atomic E-state index is 13.8. The minimum absolute atomic E-state index is 0.101. The Morgan fingerprint density at radius 3 is 2.71 bits per heavy atom. The van der Waals surface area contributed by atoms with Gasteiger partial charge in [-0.3, -0.25) is 0 Å². The van der Waals surface area contributed by atoms with Crippen LogP contribution in [0.15, 0.2) is 18.2 Å². The number of hydrogen-bond donors (Lipinski definition) is 1. The molecule has 1 aromatic carbocycles. The van der Waals surface area contributed by atoms with Crippen LogP contribution in [0.25, 0.3) is 0 Å². The molecule has 0 saturated heterocycles. The molecular formula is C18H29FN2. The lowest BCUT2D eigenvalue weighted by Crippen LogP contribution is -2.28. The molecule has 1 N–H and O–H groups in total. The lowest BCUT2D eigenvalue weighted by Gasteiger charge is -2.23. The fourth-order valence-corrected chi connectivity index (χ4v) is 2.95. The maximum Gasteiger partial charge on any atom is 0.126 e. The summed E-state index contributed by atoms with van der Waals surface area (Å²) in [6.45, 7) is 9.40. The summed E-state index contributed by atoms with van der Waals surface area (Å²) in [6.07, 6.45) is 2.40. The summed E-state index contributed by atoms with van der Waals surface area (Å²) in [7, 11) is 2.20. The molecule has 0 aliphatic heterocycles. The molecule has 1 aliphatic carbocycles. The first-order valence-electron chi connectivity index (χ1n) is 8.19. The highest BCUT2D eigenvalue weighted by Gasteiger charge is 2.33. The van der Waals surface area contributed by atoms with Crippen molar-refractivity contribution in [1.29, 1.82) is 0 Å². The molecule has 2 nitrogen and oxygen atoms in total. The van der Waals surface area contributed by atoms with Crippen molar-refractivity contribution in [3.63, 3.8) is 0 Å². The summed E-state index contributed by atoms with van der Waals surface area (Å²) >= 11 is 0. The minimum Gasteiger partial charge on any atom is -0.310 e. The van der Waals surface area contributed by atoms with Gasteiger partial charge in [0.25, 0.3) is 0 Å². The second-order valence-electron chi connectivity index (χ2n) is 6.64. The maximum absolute atomic E-state index is 13.8. The Labute approximate surface area is 128 Å². The Morgan fingerprint density at radius 2 is 2.14 bits per heavy atom. The molecule has 1 aliphatic rings. The molecule has 0 aromatic heterocycles. The van der Waals surface area contributed by atoms with Crippen molar-refractivity contribution in [2.75, 3.05) is 26.7 Å². The monoisotopic (exact) mass is 292 g/mol. The van der Waals surface area contributed by atoms with E-state index in [1.54, 1.807) is 6.07 Å². The van der Waals surface area contributed by atoms with E-state index in [1.165, 1.54) is 13.0 Å². The van der Waals surface area contributed by atoms with E-state index in [4.69, 9.17) is 0 Å². The van der Waals surface area contributed by atoms with Crippen LogP contribution in [0.1, 0.15) is 43.9 Å². The second kappa shape index (κ2) is 7.37. The molecule has 1 fully saturated rings. The average molecular weight is 292 g/mol. The van der Waals surface area contributed by atoms with Gasteiger partial charge in [0, 0.05) is 12.6 Å². The number of aryl methyl sites for hydroxylation is 1. The first-order valence-corrected chi connectivity index (χ1v) is 8.19. The van der Waals surface area contributed by atoms with Crippen LogP contribution >= 0.6 is 0 Å². The molecule has 2 rings (SSSR count). The number of benzene rings is 1. The van der Waals surface area contributed by atoms with E-state index in [-0.39, 0.29) is 11.9 Å². The van der Waals surface area contributed by atoms with Crippen LogP contribution in [0, 0.1) is 24.6 Å². The van der Waals surface area contributed by atoms with Crippen LogP contribution in [0.4, 0.5) is 4.39 Å². The van der Waals surface area contributed by atoms with Gasteiger partial charge in [-0.15, -0.1) is 0 Å². The van der Waals surface area contributed by atoms with E-state index in [0.29, 0.717) is 5.56 Å². The molecule has 118 valence electrons. The molecular weight excluding hydrogens is 263 g/mol. The third-order valence-corrected chi connectivity index (χ3v) is 4.67. The predicted molar refractivity (Wildman–Crippen MR) is 86.9 cm³/mol. The van der Waals surface area contributed by atoms with Gasteiger partial charge in [-0.05, 0) is 68.9 Å². The fraction of sp³-hybridized carbons (Fsp3) is 0.667. The van der Waals surface area contributed by atoms with E-state index >= 15 is 0 Å². The van der Waals surface area contributed by atoms with E-state index in [2.05, 4.69) is 37.2 Å². The van der Waals surface area contributed by atoms with Gasteiger partial charge < -0.3 is 10.2 Å². The zero-order valence-electron chi connectivity index (χ0n) is 13.8. The summed E-state index contributed by atoms with van der Waals surface area (Å²) in [4.78, 5) is 2.42. The Bertz CT molecular complexity index is 461. The van der Waals surface area contributed by atoms with Gasteiger partial charge >= 0.3 is 0 Å². The molecule has 21 heavy (non-hydrogen) atoms. The van der Waals surface area contributed by atoms with Crippen LogP contribution in [0.2, 0.25) is 0 Å². The van der Waals surface area contributed by atoms with Gasteiger partial charge in [-0.2, -0.15) is 0 Å². The molecule has 3 heteroatoms. The van der Waals surface area contributed by atoms with Gasteiger partial charge in [-0.25, -0.2) is 4.39 Å². The molecule has 1 aromatic rings. The van der Waals surface area contributed by atoms with Gasteiger partial charge in [0.15, 0.2) is 0 Å². The zero-order valence-corrected chi connectivity index (χ0v) is 13.8. The molecule has 3 unspecified atom stereocenters. The largest absolute Gasteiger partial charge is 0.310 e. The standard InChI is InChI=1S/C18H29FN2/c1-5-20-18(15-7-6-13(2)17(19)11-15)8-9-21(4)12-16-10-14(16)3/h6-7,11,14,16,18,20H,5,8-10,12H2,1-4H3. The molecule has 0 heterocycles. The van der Waals surface area contributed by atoms with Crippen molar-refractivity contribution < 1.29 is 4.39 Å². The Kier molecular flexibility index (Phi) is 5.77. The lowest BCUT2D eigenvalue weighted by molar-refractivity contribution is 0.293. The van der Waals surface area contributed by atoms with E-state index in [1.807, 2.05) is 13.0 Å². The third-order valence-electron chi connectivity index (χ3n) is 4.67. The number of rotatable bonds is 8. The second-order valence-corrected chi connectivity index (χ2v) is 6.64. The van der Waals surface area contributed by atoms with E-state index in [0.717, 1.165) is 36.9 Å². The highest BCUT2D eigenvalue weighted by molar-refractivity contribution is 5.25. The summed E-state index contributed by atoms with van der Waals surface area (Å²) in [5.74, 6) is 1.70. The van der Waals surface area contributed by atoms with Crippen molar-refractivity contribution in [2.45, 2.75) is 39.7 Å². The van der Waals surface area contributed by atoms with Gasteiger partial charge in [0.2, 0.25) is 0 Å². The van der Waals surface area contributed by atoms with Crippen LogP contribution in [0.3, 0.4) is 0 Å². The van der Waals surface area contributed by atoms with Gasteiger partial charge in [-0.1, -0.05) is 26.0 Å². The average Bonchev–Trinajstić information content (AvgIpc) is 3.13. The predicted octanol–water partition coefficient (Wildman–Crippen LogP) is 3.76. The fourth-order valence-electron chi connectivity index (χ4n) is 2.95. The molecule has 0 radical (unpaired) electrons. The van der Waals surface area contributed by atoms with Gasteiger partial charge in [0.05, 0.1) is 0 Å². The molecule has 0 amide bonds. The van der Waals surface area contributed by atoms with Crippen LogP contribution in [-0.4, -0.2) is 31.6 Å². The molecule has 1 saturated carbocycles. The lowest BCUT2D eigenvalue weighted by atomic mass is 10.0. The Balaban J connectivity index is 1.90. The summed E-state index contributed by atoms with van der Waals surface area (Å²) in [5.41, 5.74) is 1.78. The minimum atomic E-state index is -0.101. The van der Waals surface area contributed by atoms with E-state index < -0.39 is 0 Å². The normalized spacial score (nSPS) is 22.6. The van der Waals surface area contributed by atoms with Crippen LogP contribution < -0.4 is 5.32 Å². The Hall–Kier alpha value is -0.930. The topological polar surface area (TPSA) is 15.3 Å². The SMILES string of the molecule is CCNC(CCN(C)CC1CC1C)c1ccc(C)c(F)c1. The first kappa shape index (κ1) is 16.4. The summed E-state index contributed by atoms with van der Waals surface area (Å²) in [5, 5.41) is 3.49. The van der Waals surface area contributed by atoms with E-state index in [9.17, 15) is 4.39 Å². The third kappa shape index (κ3) is 4.79. The highest BCUT2D eigenvalue weighted by atomic mass is 19.1. The smallest absolute Gasteiger partial charge is 0.126 e. The van der Waals surface area contributed by atoms with Gasteiger partial charge in [0.1, 0.15) is 5.82 Å². The molecule has 0 bridgehead atoms. The summed E-state index contributed by atoms with van der Waals surface area (Å²) < 4.78 is 13.8. The van der Waals surface area contributed by atoms with Crippen molar-refractivity contribution in [3.05, 3.63) is 35.1 Å². The van der Waals surface area contributed by atoms with Crippen molar-refractivity contribution in [1.82, 2.24) is 10.2 Å². The molecule has 0 spiro atoms. The number of halogens is 1. The quantitative estimate of drug-likeness (QED) is 0.785. The zero-order chi connectivity index (χ0) is 15.4. The number of nitrogens with zero attached hydrogens (tertiary/aromatic N) is 1. The van der Waals surface area contributed by atoms with Crippen molar-refractivity contribution in [2.24, 2.45) is 11.8 Å². The van der Waals surface area contributed by atoms with Crippen LogP contribution in [0.5, 0.6) is 0 Å². The Morgan fingerprint density at radius 1 is 1.43 bits per heavy atom. The molecule has 3 atom stereocenters. The summed E-state index contributed by atoms with van der Waals surface area (Å²) in [6, 6.07) is 5.86. The number of hydrogen-bond acceptors (Lipinski definition) is 2.